The van der Waals surface area contributed by atoms with Gasteiger partial charge in [-0.25, -0.2) is 4.98 Å². The van der Waals surface area contributed by atoms with Crippen molar-refractivity contribution in [1.82, 2.24) is 9.97 Å². The lowest BCUT2D eigenvalue weighted by atomic mass is 10.2. The fraction of sp³-hybridized carbons (Fsp3) is 0.167. The first-order valence-corrected chi connectivity index (χ1v) is 6.19. The van der Waals surface area contributed by atoms with Crippen LogP contribution in [0.25, 0.3) is 0 Å². The van der Waals surface area contributed by atoms with Crippen LogP contribution in [0.15, 0.2) is 34.9 Å². The van der Waals surface area contributed by atoms with Crippen LogP contribution in [0.1, 0.15) is 11.4 Å². The Morgan fingerprint density at radius 3 is 2.82 bits per heavy atom. The molecule has 0 fully saturated rings. The summed E-state index contributed by atoms with van der Waals surface area (Å²) in [6.07, 6.45) is 0. The third-order valence-corrected chi connectivity index (χ3v) is 2.70. The third kappa shape index (κ3) is 3.68. The monoisotopic (exact) mass is 312 g/mol. The van der Waals surface area contributed by atoms with Crippen molar-refractivity contribution in [3.8, 4) is 5.88 Å². The first-order chi connectivity index (χ1) is 8.13. The molecule has 0 amide bonds. The molecule has 0 aliphatic heterocycles. The molecule has 3 nitrogen and oxygen atoms in total. The molecule has 0 aliphatic rings. The number of hydrogen-bond donors (Lipinski definition) is 0. The first-order valence-electron chi connectivity index (χ1n) is 5.02. The fourth-order valence-electron chi connectivity index (χ4n) is 1.36. The predicted molar refractivity (Wildman–Crippen MR) is 70.3 cm³/mol. The second kappa shape index (κ2) is 5.47. The van der Waals surface area contributed by atoms with E-state index >= 15 is 0 Å². The van der Waals surface area contributed by atoms with Crippen LogP contribution >= 0.6 is 27.5 Å². The second-order valence-corrected chi connectivity index (χ2v) is 4.74. The van der Waals surface area contributed by atoms with Crippen molar-refractivity contribution < 1.29 is 4.74 Å². The molecule has 2 rings (SSSR count). The number of ether oxygens (including phenoxy) is 1. The summed E-state index contributed by atoms with van der Waals surface area (Å²) in [6.45, 7) is 2.25. The van der Waals surface area contributed by atoms with Crippen molar-refractivity contribution in [1.29, 1.82) is 0 Å². The Morgan fingerprint density at radius 1 is 1.29 bits per heavy atom. The molecule has 1 aromatic heterocycles. The maximum Gasteiger partial charge on any atom is 0.218 e. The molecule has 88 valence electrons. The van der Waals surface area contributed by atoms with Gasteiger partial charge >= 0.3 is 0 Å². The lowest BCUT2D eigenvalue weighted by molar-refractivity contribution is 0.292. The maximum absolute atomic E-state index is 5.89. The third-order valence-electron chi connectivity index (χ3n) is 2.06. The molecule has 0 bridgehead atoms. The number of rotatable bonds is 3. The van der Waals surface area contributed by atoms with Crippen molar-refractivity contribution in [2.24, 2.45) is 0 Å². The van der Waals surface area contributed by atoms with Crippen molar-refractivity contribution in [2.75, 3.05) is 0 Å². The minimum absolute atomic E-state index is 0.434. The van der Waals surface area contributed by atoms with Gasteiger partial charge < -0.3 is 4.74 Å². The van der Waals surface area contributed by atoms with E-state index in [1.807, 2.05) is 31.2 Å². The number of aromatic nitrogens is 2. The van der Waals surface area contributed by atoms with Gasteiger partial charge in [0.1, 0.15) is 17.0 Å². The summed E-state index contributed by atoms with van der Waals surface area (Å²) < 4.78 is 6.28. The minimum Gasteiger partial charge on any atom is -0.473 e. The van der Waals surface area contributed by atoms with Gasteiger partial charge in [-0.1, -0.05) is 23.7 Å². The van der Waals surface area contributed by atoms with Crippen LogP contribution in [0.2, 0.25) is 5.02 Å². The van der Waals surface area contributed by atoms with Gasteiger partial charge in [0.2, 0.25) is 5.88 Å². The van der Waals surface area contributed by atoms with E-state index in [0.29, 0.717) is 27.9 Å². The quantitative estimate of drug-likeness (QED) is 0.809. The number of halogens is 2. The summed E-state index contributed by atoms with van der Waals surface area (Å²) in [6, 6.07) is 9.27. The highest BCUT2D eigenvalue weighted by Gasteiger charge is 2.01. The molecule has 5 heteroatoms. The normalized spacial score (nSPS) is 10.3. The molecule has 0 atom stereocenters. The van der Waals surface area contributed by atoms with Gasteiger partial charge in [0, 0.05) is 11.1 Å². The first kappa shape index (κ1) is 12.3. The summed E-state index contributed by atoms with van der Waals surface area (Å²) in [4.78, 5) is 8.28. The molecule has 0 saturated carbocycles. The Bertz CT molecular complexity index is 513. The van der Waals surface area contributed by atoms with Crippen LogP contribution in [0.4, 0.5) is 0 Å². The molecular weight excluding hydrogens is 304 g/mol. The van der Waals surface area contributed by atoms with E-state index in [4.69, 9.17) is 16.3 Å². The van der Waals surface area contributed by atoms with Crippen LogP contribution in [0.3, 0.4) is 0 Å². The minimum atomic E-state index is 0.434. The van der Waals surface area contributed by atoms with Gasteiger partial charge in [0.25, 0.3) is 0 Å². The van der Waals surface area contributed by atoms with Gasteiger partial charge in [0.15, 0.2) is 0 Å². The molecular formula is C12H10BrClN2O. The van der Waals surface area contributed by atoms with E-state index in [0.717, 1.165) is 5.56 Å². The van der Waals surface area contributed by atoms with Gasteiger partial charge in [-0.05, 0) is 40.5 Å². The SMILES string of the molecule is Cc1nc(Br)cc(OCc2cccc(Cl)c2)n1. The molecule has 0 saturated heterocycles. The summed E-state index contributed by atoms with van der Waals surface area (Å²) in [5, 5.41) is 0.700. The lowest BCUT2D eigenvalue weighted by Crippen LogP contribution is -1.99. The van der Waals surface area contributed by atoms with Crippen molar-refractivity contribution in [3.05, 3.63) is 51.3 Å². The average Bonchev–Trinajstić information content (AvgIpc) is 2.25. The van der Waals surface area contributed by atoms with Crippen molar-refractivity contribution in [2.45, 2.75) is 13.5 Å². The number of nitrogens with zero attached hydrogens (tertiary/aromatic N) is 2. The molecule has 1 heterocycles. The van der Waals surface area contributed by atoms with Crippen molar-refractivity contribution >= 4 is 27.5 Å². The van der Waals surface area contributed by atoms with Gasteiger partial charge in [-0.15, -0.1) is 0 Å². The van der Waals surface area contributed by atoms with E-state index < -0.39 is 0 Å². The Balaban J connectivity index is 2.07. The summed E-state index contributed by atoms with van der Waals surface area (Å²) >= 11 is 9.19. The Hall–Kier alpha value is -1.13. The van der Waals surface area contributed by atoms with Gasteiger partial charge in [0.05, 0.1) is 0 Å². The highest BCUT2D eigenvalue weighted by molar-refractivity contribution is 9.10. The van der Waals surface area contributed by atoms with E-state index in [1.54, 1.807) is 6.07 Å². The van der Waals surface area contributed by atoms with Gasteiger partial charge in [-0.2, -0.15) is 4.98 Å². The molecule has 0 radical (unpaired) electrons. The fourth-order valence-corrected chi connectivity index (χ4v) is 2.03. The summed E-state index contributed by atoms with van der Waals surface area (Å²) in [5.74, 6) is 1.21. The van der Waals surface area contributed by atoms with E-state index in [9.17, 15) is 0 Å². The van der Waals surface area contributed by atoms with Crippen LogP contribution in [0.5, 0.6) is 5.88 Å². The largest absolute Gasteiger partial charge is 0.473 e. The van der Waals surface area contributed by atoms with E-state index in [-0.39, 0.29) is 0 Å². The van der Waals surface area contributed by atoms with E-state index in [2.05, 4.69) is 25.9 Å². The topological polar surface area (TPSA) is 35.0 Å². The Labute approximate surface area is 113 Å². The lowest BCUT2D eigenvalue weighted by Gasteiger charge is -2.06. The molecule has 0 spiro atoms. The second-order valence-electron chi connectivity index (χ2n) is 3.49. The van der Waals surface area contributed by atoms with E-state index in [1.165, 1.54) is 0 Å². The highest BCUT2D eigenvalue weighted by atomic mass is 79.9. The molecule has 1 aromatic carbocycles. The number of hydrogen-bond acceptors (Lipinski definition) is 3. The molecule has 2 aromatic rings. The van der Waals surface area contributed by atoms with Gasteiger partial charge in [-0.3, -0.25) is 0 Å². The number of aryl methyl sites for hydroxylation is 1. The molecule has 0 unspecified atom stereocenters. The Kier molecular flexibility index (Phi) is 3.97. The number of benzene rings is 1. The maximum atomic E-state index is 5.89. The molecule has 0 N–H and O–H groups in total. The Morgan fingerprint density at radius 2 is 2.12 bits per heavy atom. The molecule has 17 heavy (non-hydrogen) atoms. The zero-order valence-electron chi connectivity index (χ0n) is 9.15. The van der Waals surface area contributed by atoms with Crippen LogP contribution in [0, 0.1) is 6.92 Å². The van der Waals surface area contributed by atoms with Crippen LogP contribution in [-0.4, -0.2) is 9.97 Å². The van der Waals surface area contributed by atoms with Crippen molar-refractivity contribution in [3.63, 3.8) is 0 Å². The van der Waals surface area contributed by atoms with Crippen LogP contribution in [-0.2, 0) is 6.61 Å². The summed E-state index contributed by atoms with van der Waals surface area (Å²) in [7, 11) is 0. The smallest absolute Gasteiger partial charge is 0.218 e. The highest BCUT2D eigenvalue weighted by Crippen LogP contribution is 2.16. The summed E-state index contributed by atoms with van der Waals surface area (Å²) in [5.41, 5.74) is 1.00. The molecule has 0 aliphatic carbocycles. The zero-order valence-corrected chi connectivity index (χ0v) is 11.5. The predicted octanol–water partition coefficient (Wildman–Crippen LogP) is 3.78. The zero-order chi connectivity index (χ0) is 12.3. The average molecular weight is 314 g/mol. The standard InChI is InChI=1S/C12H10BrClN2O/c1-8-15-11(13)6-12(16-8)17-7-9-3-2-4-10(14)5-9/h2-6H,7H2,1H3. The van der Waals surface area contributed by atoms with Crippen LogP contribution < -0.4 is 4.74 Å².